The molecular formula is C20H22ClF3N2O. The predicted molar refractivity (Wildman–Crippen MR) is 101 cm³/mol. The second kappa shape index (κ2) is 8.09. The van der Waals surface area contributed by atoms with Gasteiger partial charge in [0.2, 0.25) is 0 Å². The number of alkyl halides is 3. The SMILES string of the molecule is Cl.FC(F)(F)c1ccc(Oc2cccc3c2CCN(C2CCNC2)C3)cc1. The fourth-order valence-corrected chi connectivity index (χ4v) is 3.79. The van der Waals surface area contributed by atoms with Crippen molar-refractivity contribution in [1.29, 1.82) is 0 Å². The molecule has 2 aliphatic heterocycles. The first kappa shape index (κ1) is 20.0. The molecule has 2 heterocycles. The maximum Gasteiger partial charge on any atom is 0.416 e. The summed E-state index contributed by atoms with van der Waals surface area (Å²) in [7, 11) is 0. The molecule has 2 aromatic carbocycles. The van der Waals surface area contributed by atoms with E-state index in [1.165, 1.54) is 24.1 Å². The van der Waals surface area contributed by atoms with E-state index in [1.54, 1.807) is 0 Å². The van der Waals surface area contributed by atoms with Crippen molar-refractivity contribution in [3.63, 3.8) is 0 Å². The van der Waals surface area contributed by atoms with Crippen molar-refractivity contribution >= 4 is 12.4 Å². The van der Waals surface area contributed by atoms with Gasteiger partial charge in [0, 0.05) is 31.2 Å². The third kappa shape index (κ3) is 4.39. The Balaban J connectivity index is 0.00000210. The van der Waals surface area contributed by atoms with Crippen LogP contribution >= 0.6 is 12.4 Å². The molecular weight excluding hydrogens is 377 g/mol. The molecule has 1 unspecified atom stereocenters. The Morgan fingerprint density at radius 1 is 1.07 bits per heavy atom. The van der Waals surface area contributed by atoms with Gasteiger partial charge in [0.1, 0.15) is 11.5 Å². The van der Waals surface area contributed by atoms with Crippen LogP contribution in [-0.4, -0.2) is 30.6 Å². The zero-order valence-electron chi connectivity index (χ0n) is 14.8. The minimum Gasteiger partial charge on any atom is -0.457 e. The lowest BCUT2D eigenvalue weighted by Crippen LogP contribution is -2.40. The van der Waals surface area contributed by atoms with Gasteiger partial charge >= 0.3 is 6.18 Å². The van der Waals surface area contributed by atoms with E-state index in [-0.39, 0.29) is 12.4 Å². The van der Waals surface area contributed by atoms with Crippen molar-refractivity contribution in [1.82, 2.24) is 10.2 Å². The number of nitrogens with zero attached hydrogens (tertiary/aromatic N) is 1. The molecule has 1 fully saturated rings. The molecule has 0 aromatic heterocycles. The maximum atomic E-state index is 12.7. The molecule has 1 atom stereocenters. The van der Waals surface area contributed by atoms with Crippen molar-refractivity contribution in [2.45, 2.75) is 31.6 Å². The fraction of sp³-hybridized carbons (Fsp3) is 0.400. The van der Waals surface area contributed by atoms with Crippen LogP contribution < -0.4 is 10.1 Å². The van der Waals surface area contributed by atoms with Crippen LogP contribution in [0.4, 0.5) is 13.2 Å². The summed E-state index contributed by atoms with van der Waals surface area (Å²) < 4.78 is 44.0. The Labute approximate surface area is 162 Å². The Morgan fingerprint density at radius 3 is 2.52 bits per heavy atom. The average molecular weight is 399 g/mol. The van der Waals surface area contributed by atoms with Gasteiger partial charge in [-0.05, 0) is 55.3 Å². The van der Waals surface area contributed by atoms with Crippen LogP contribution in [0, 0.1) is 0 Å². The highest BCUT2D eigenvalue weighted by atomic mass is 35.5. The summed E-state index contributed by atoms with van der Waals surface area (Å²) in [4.78, 5) is 2.50. The van der Waals surface area contributed by atoms with E-state index in [9.17, 15) is 13.2 Å². The van der Waals surface area contributed by atoms with Crippen molar-refractivity contribution in [3.05, 3.63) is 59.2 Å². The quantitative estimate of drug-likeness (QED) is 0.815. The molecule has 2 aromatic rings. The summed E-state index contributed by atoms with van der Waals surface area (Å²) in [6.45, 7) is 3.99. The molecule has 1 N–H and O–H groups in total. The number of fused-ring (bicyclic) bond motifs is 1. The van der Waals surface area contributed by atoms with E-state index >= 15 is 0 Å². The molecule has 4 rings (SSSR count). The van der Waals surface area contributed by atoms with Crippen molar-refractivity contribution in [2.75, 3.05) is 19.6 Å². The van der Waals surface area contributed by atoms with Gasteiger partial charge in [0.05, 0.1) is 5.56 Å². The zero-order valence-corrected chi connectivity index (χ0v) is 15.6. The topological polar surface area (TPSA) is 24.5 Å². The van der Waals surface area contributed by atoms with Crippen molar-refractivity contribution in [2.24, 2.45) is 0 Å². The number of halogens is 4. The maximum absolute atomic E-state index is 12.7. The number of rotatable bonds is 3. The van der Waals surface area contributed by atoms with Gasteiger partial charge in [-0.15, -0.1) is 12.4 Å². The molecule has 0 spiro atoms. The van der Waals surface area contributed by atoms with Gasteiger partial charge in [-0.2, -0.15) is 13.2 Å². The summed E-state index contributed by atoms with van der Waals surface area (Å²) in [6, 6.07) is 11.4. The van der Waals surface area contributed by atoms with Crippen LogP contribution in [-0.2, 0) is 19.1 Å². The smallest absolute Gasteiger partial charge is 0.416 e. The molecule has 0 saturated carbocycles. The lowest BCUT2D eigenvalue weighted by Gasteiger charge is -2.33. The summed E-state index contributed by atoms with van der Waals surface area (Å²) in [6.07, 6.45) is -2.26. The number of nitrogens with one attached hydrogen (secondary N) is 1. The van der Waals surface area contributed by atoms with Crippen molar-refractivity contribution in [3.8, 4) is 11.5 Å². The molecule has 1 saturated heterocycles. The lowest BCUT2D eigenvalue weighted by atomic mass is 9.97. The summed E-state index contributed by atoms with van der Waals surface area (Å²) in [5.41, 5.74) is 1.74. The third-order valence-electron chi connectivity index (χ3n) is 5.21. The summed E-state index contributed by atoms with van der Waals surface area (Å²) in [5, 5.41) is 3.41. The van der Waals surface area contributed by atoms with Gasteiger partial charge in [-0.3, -0.25) is 4.90 Å². The minimum atomic E-state index is -4.33. The largest absolute Gasteiger partial charge is 0.457 e. The average Bonchev–Trinajstić information content (AvgIpc) is 3.16. The van der Waals surface area contributed by atoms with Crippen LogP contribution in [0.15, 0.2) is 42.5 Å². The van der Waals surface area contributed by atoms with E-state index < -0.39 is 11.7 Å². The fourth-order valence-electron chi connectivity index (χ4n) is 3.79. The van der Waals surface area contributed by atoms with Gasteiger partial charge in [-0.1, -0.05) is 12.1 Å². The first-order valence-corrected chi connectivity index (χ1v) is 8.91. The van der Waals surface area contributed by atoms with E-state index in [0.29, 0.717) is 11.8 Å². The minimum absolute atomic E-state index is 0. The number of hydrogen-bond acceptors (Lipinski definition) is 3. The van der Waals surface area contributed by atoms with Crippen LogP contribution in [0.5, 0.6) is 11.5 Å². The number of benzene rings is 2. The Hall–Kier alpha value is -1.76. The number of hydrogen-bond donors (Lipinski definition) is 1. The Kier molecular flexibility index (Phi) is 5.99. The monoisotopic (exact) mass is 398 g/mol. The second-order valence-electron chi connectivity index (χ2n) is 6.89. The Bertz CT molecular complexity index is 774. The van der Waals surface area contributed by atoms with Gasteiger partial charge < -0.3 is 10.1 Å². The first-order chi connectivity index (χ1) is 12.5. The van der Waals surface area contributed by atoms with E-state index in [2.05, 4.69) is 16.3 Å². The normalized spacial score (nSPS) is 20.0. The molecule has 146 valence electrons. The summed E-state index contributed by atoms with van der Waals surface area (Å²) in [5.74, 6) is 1.17. The molecule has 2 aliphatic rings. The molecule has 0 amide bonds. The predicted octanol–water partition coefficient (Wildman–Crippen LogP) is 4.64. The van der Waals surface area contributed by atoms with Crippen LogP contribution in [0.2, 0.25) is 0 Å². The number of ether oxygens (including phenoxy) is 1. The lowest BCUT2D eigenvalue weighted by molar-refractivity contribution is -0.137. The highest BCUT2D eigenvalue weighted by Gasteiger charge is 2.30. The van der Waals surface area contributed by atoms with Gasteiger partial charge in [-0.25, -0.2) is 0 Å². The third-order valence-corrected chi connectivity index (χ3v) is 5.21. The van der Waals surface area contributed by atoms with Crippen LogP contribution in [0.3, 0.4) is 0 Å². The molecule has 27 heavy (non-hydrogen) atoms. The summed E-state index contributed by atoms with van der Waals surface area (Å²) >= 11 is 0. The van der Waals surface area contributed by atoms with Gasteiger partial charge in [0.15, 0.2) is 0 Å². The standard InChI is InChI=1S/C20H21F3N2O.ClH/c21-20(22,23)15-4-6-17(7-5-15)26-19-3-1-2-14-13-25(11-9-18(14)19)16-8-10-24-12-16;/h1-7,16,24H,8-13H2;1H. The molecule has 0 bridgehead atoms. The molecule has 7 heteroatoms. The van der Waals surface area contributed by atoms with Crippen molar-refractivity contribution < 1.29 is 17.9 Å². The molecule has 0 aliphatic carbocycles. The Morgan fingerprint density at radius 2 is 1.85 bits per heavy atom. The van der Waals surface area contributed by atoms with E-state index in [1.807, 2.05) is 12.1 Å². The molecule has 3 nitrogen and oxygen atoms in total. The second-order valence-corrected chi connectivity index (χ2v) is 6.89. The highest BCUT2D eigenvalue weighted by molar-refractivity contribution is 5.85. The van der Waals surface area contributed by atoms with Crippen LogP contribution in [0.1, 0.15) is 23.1 Å². The highest BCUT2D eigenvalue weighted by Crippen LogP contribution is 2.34. The first-order valence-electron chi connectivity index (χ1n) is 8.91. The van der Waals surface area contributed by atoms with Crippen LogP contribution in [0.25, 0.3) is 0 Å². The van der Waals surface area contributed by atoms with E-state index in [0.717, 1.165) is 56.0 Å². The van der Waals surface area contributed by atoms with Gasteiger partial charge in [0.25, 0.3) is 0 Å². The zero-order chi connectivity index (χ0) is 18.1. The molecule has 0 radical (unpaired) electrons. The van der Waals surface area contributed by atoms with E-state index in [4.69, 9.17) is 4.74 Å².